The minimum atomic E-state index is -0.147. The molecule has 1 saturated heterocycles. The molecule has 1 atom stereocenters. The first-order valence-corrected chi connectivity index (χ1v) is 12.4. The number of nitrogens with zero attached hydrogens (tertiary/aromatic N) is 4. The number of para-hydroxylation sites is 1. The molecular weight excluding hydrogens is 450 g/mol. The number of nitrogens with one attached hydrogen (secondary N) is 1. The molecule has 0 bridgehead atoms. The molecule has 1 amide bonds. The summed E-state index contributed by atoms with van der Waals surface area (Å²) in [5.74, 6) is 0.682. The lowest BCUT2D eigenvalue weighted by atomic mass is 10.0. The van der Waals surface area contributed by atoms with Crippen molar-refractivity contribution >= 4 is 5.91 Å². The third-order valence-electron chi connectivity index (χ3n) is 6.70. The molecule has 0 radical (unpaired) electrons. The molecule has 1 fully saturated rings. The number of carbonyl (C=O) groups excluding carboxylic acids is 1. The first-order chi connectivity index (χ1) is 17.7. The Bertz CT molecular complexity index is 1270. The highest BCUT2D eigenvalue weighted by atomic mass is 16.5. The first-order valence-electron chi connectivity index (χ1n) is 12.4. The second-order valence-electron chi connectivity index (χ2n) is 9.01. The summed E-state index contributed by atoms with van der Waals surface area (Å²) in [6.07, 6.45) is 8.87. The molecule has 5 rings (SSSR count). The summed E-state index contributed by atoms with van der Waals surface area (Å²) < 4.78 is 7.10. The van der Waals surface area contributed by atoms with E-state index in [0.29, 0.717) is 17.8 Å². The van der Waals surface area contributed by atoms with Crippen LogP contribution in [0.1, 0.15) is 41.2 Å². The van der Waals surface area contributed by atoms with Crippen LogP contribution in [0.5, 0.6) is 5.75 Å². The Balaban J connectivity index is 1.42. The topological polar surface area (TPSA) is 72.3 Å². The van der Waals surface area contributed by atoms with Gasteiger partial charge in [0, 0.05) is 30.7 Å². The van der Waals surface area contributed by atoms with Gasteiger partial charge in [0.1, 0.15) is 11.4 Å². The fourth-order valence-electron chi connectivity index (χ4n) is 4.77. The maximum atomic E-state index is 13.6. The highest BCUT2D eigenvalue weighted by molar-refractivity contribution is 5.99. The van der Waals surface area contributed by atoms with Crippen molar-refractivity contribution in [1.82, 2.24) is 25.0 Å². The summed E-state index contributed by atoms with van der Waals surface area (Å²) in [6.45, 7) is 2.56. The van der Waals surface area contributed by atoms with Crippen LogP contribution >= 0.6 is 0 Å². The Morgan fingerprint density at radius 3 is 2.47 bits per heavy atom. The number of benzene rings is 2. The minimum absolute atomic E-state index is 0.0890. The van der Waals surface area contributed by atoms with Gasteiger partial charge in [0.05, 0.1) is 24.4 Å². The summed E-state index contributed by atoms with van der Waals surface area (Å²) in [6, 6.07) is 21.8. The van der Waals surface area contributed by atoms with Gasteiger partial charge in [-0.2, -0.15) is 5.10 Å². The minimum Gasteiger partial charge on any atom is -0.497 e. The van der Waals surface area contributed by atoms with E-state index in [1.807, 2.05) is 54.6 Å². The molecule has 0 spiro atoms. The molecule has 2 aromatic heterocycles. The zero-order valence-electron chi connectivity index (χ0n) is 20.5. The van der Waals surface area contributed by atoms with E-state index in [-0.39, 0.29) is 11.9 Å². The van der Waals surface area contributed by atoms with Crippen LogP contribution < -0.4 is 10.1 Å². The average Bonchev–Trinajstić information content (AvgIpc) is 3.41. The van der Waals surface area contributed by atoms with E-state index in [2.05, 4.69) is 27.3 Å². The fourth-order valence-corrected chi connectivity index (χ4v) is 4.77. The summed E-state index contributed by atoms with van der Waals surface area (Å²) in [4.78, 5) is 20.3. The summed E-state index contributed by atoms with van der Waals surface area (Å²) in [5, 5.41) is 7.97. The first kappa shape index (κ1) is 23.8. The fraction of sp³-hybridized carbons (Fsp3) is 0.276. The number of likely N-dealkylation sites (tertiary alicyclic amines) is 1. The Hall–Kier alpha value is -3.97. The maximum absolute atomic E-state index is 13.6. The van der Waals surface area contributed by atoms with Crippen LogP contribution in [0, 0.1) is 0 Å². The van der Waals surface area contributed by atoms with E-state index >= 15 is 0 Å². The van der Waals surface area contributed by atoms with Crippen molar-refractivity contribution < 1.29 is 9.53 Å². The van der Waals surface area contributed by atoms with Crippen LogP contribution in [-0.4, -0.2) is 52.3 Å². The van der Waals surface area contributed by atoms with Crippen LogP contribution in [0.3, 0.4) is 0 Å². The molecule has 3 heterocycles. The molecule has 1 aliphatic rings. The molecule has 0 unspecified atom stereocenters. The molecule has 1 aliphatic heterocycles. The van der Waals surface area contributed by atoms with E-state index in [4.69, 9.17) is 9.84 Å². The maximum Gasteiger partial charge on any atom is 0.255 e. The Kier molecular flexibility index (Phi) is 7.38. The number of carbonyl (C=O) groups is 1. The van der Waals surface area contributed by atoms with Gasteiger partial charge in [0.2, 0.25) is 0 Å². The largest absolute Gasteiger partial charge is 0.497 e. The highest BCUT2D eigenvalue weighted by Crippen LogP contribution is 2.27. The van der Waals surface area contributed by atoms with Crippen LogP contribution in [-0.2, 0) is 0 Å². The second kappa shape index (κ2) is 11.2. The third kappa shape index (κ3) is 5.31. The van der Waals surface area contributed by atoms with Gasteiger partial charge in [0.15, 0.2) is 0 Å². The van der Waals surface area contributed by atoms with Crippen molar-refractivity contribution in [2.75, 3.05) is 26.7 Å². The van der Waals surface area contributed by atoms with Crippen molar-refractivity contribution in [1.29, 1.82) is 0 Å². The zero-order valence-corrected chi connectivity index (χ0v) is 20.5. The Morgan fingerprint density at radius 2 is 1.78 bits per heavy atom. The van der Waals surface area contributed by atoms with E-state index in [1.165, 1.54) is 24.8 Å². The smallest absolute Gasteiger partial charge is 0.255 e. The Labute approximate surface area is 211 Å². The third-order valence-corrected chi connectivity index (χ3v) is 6.70. The van der Waals surface area contributed by atoms with E-state index < -0.39 is 0 Å². The molecule has 4 aromatic rings. The number of piperidine rings is 1. The van der Waals surface area contributed by atoms with E-state index in [0.717, 1.165) is 30.1 Å². The van der Waals surface area contributed by atoms with Gasteiger partial charge in [-0.25, -0.2) is 4.68 Å². The lowest BCUT2D eigenvalue weighted by Crippen LogP contribution is -2.40. The zero-order chi connectivity index (χ0) is 24.7. The van der Waals surface area contributed by atoms with Crippen molar-refractivity contribution in [3.63, 3.8) is 0 Å². The Morgan fingerprint density at radius 1 is 1.00 bits per heavy atom. The van der Waals surface area contributed by atoms with Crippen LogP contribution in [0.4, 0.5) is 0 Å². The molecule has 7 nitrogen and oxygen atoms in total. The quantitative estimate of drug-likeness (QED) is 0.388. The predicted octanol–water partition coefficient (Wildman–Crippen LogP) is 4.90. The lowest BCUT2D eigenvalue weighted by molar-refractivity contribution is 0.0925. The molecule has 36 heavy (non-hydrogen) atoms. The highest BCUT2D eigenvalue weighted by Gasteiger charge is 2.25. The molecule has 2 aromatic carbocycles. The normalized spacial score (nSPS) is 14.8. The summed E-state index contributed by atoms with van der Waals surface area (Å²) in [5.41, 5.74) is 4.01. The monoisotopic (exact) mass is 481 g/mol. The standard InChI is InChI=1S/C29H31N5O2/c1-36-25-14-12-22(13-15-25)27(33-17-6-3-7-18-33)20-31-29(35)26-21-34(24-10-4-2-5-11-24)32-28(26)23-9-8-16-30-19-23/h2,4-5,8-16,19,21,27H,3,6-7,17-18,20H2,1H3,(H,31,35)/t27-/m0/s1. The van der Waals surface area contributed by atoms with Crippen molar-refractivity contribution in [2.45, 2.75) is 25.3 Å². The molecule has 0 aliphatic carbocycles. The molecule has 184 valence electrons. The van der Waals surface area contributed by atoms with Gasteiger partial charge in [-0.1, -0.05) is 36.8 Å². The summed E-state index contributed by atoms with van der Waals surface area (Å²) >= 11 is 0. The second-order valence-corrected chi connectivity index (χ2v) is 9.01. The number of methoxy groups -OCH3 is 1. The van der Waals surface area contributed by atoms with Gasteiger partial charge < -0.3 is 10.1 Å². The summed E-state index contributed by atoms with van der Waals surface area (Å²) in [7, 11) is 1.67. The molecule has 7 heteroatoms. The van der Waals surface area contributed by atoms with Crippen molar-refractivity contribution in [3.8, 4) is 22.7 Å². The van der Waals surface area contributed by atoms with Crippen molar-refractivity contribution in [3.05, 3.63) is 96.4 Å². The van der Waals surface area contributed by atoms with E-state index in [9.17, 15) is 4.79 Å². The van der Waals surface area contributed by atoms with Gasteiger partial charge in [-0.3, -0.25) is 14.7 Å². The number of hydrogen-bond acceptors (Lipinski definition) is 5. The molecular formula is C29H31N5O2. The number of ether oxygens (including phenoxy) is 1. The van der Waals surface area contributed by atoms with Gasteiger partial charge >= 0.3 is 0 Å². The molecule has 0 saturated carbocycles. The van der Waals surface area contributed by atoms with E-state index in [1.54, 1.807) is 30.4 Å². The number of hydrogen-bond donors (Lipinski definition) is 1. The SMILES string of the molecule is COc1ccc([C@H](CNC(=O)c2cn(-c3ccccc3)nc2-c2cccnc2)N2CCCCC2)cc1. The van der Waals surface area contributed by atoms with Gasteiger partial charge in [-0.15, -0.1) is 0 Å². The molecule has 1 N–H and O–H groups in total. The number of aromatic nitrogens is 3. The van der Waals surface area contributed by atoms with Crippen LogP contribution in [0.15, 0.2) is 85.3 Å². The lowest BCUT2D eigenvalue weighted by Gasteiger charge is -2.35. The average molecular weight is 482 g/mol. The van der Waals surface area contributed by atoms with Gasteiger partial charge in [-0.05, 0) is 67.9 Å². The van der Waals surface area contributed by atoms with Crippen molar-refractivity contribution in [2.24, 2.45) is 0 Å². The van der Waals surface area contributed by atoms with Crippen LogP contribution in [0.2, 0.25) is 0 Å². The number of rotatable bonds is 8. The van der Waals surface area contributed by atoms with Crippen LogP contribution in [0.25, 0.3) is 16.9 Å². The number of amides is 1. The van der Waals surface area contributed by atoms with Gasteiger partial charge in [0.25, 0.3) is 5.91 Å². The number of pyridine rings is 1. The predicted molar refractivity (Wildman–Crippen MR) is 140 cm³/mol.